The van der Waals surface area contributed by atoms with Gasteiger partial charge in [0.15, 0.2) is 0 Å². The number of aromatic nitrogens is 1. The summed E-state index contributed by atoms with van der Waals surface area (Å²) >= 11 is 1.63. The maximum atomic E-state index is 9.97. The molecule has 3 atom stereocenters. The molecule has 3 unspecified atom stereocenters. The third kappa shape index (κ3) is 2.77. The van der Waals surface area contributed by atoms with Gasteiger partial charge in [0.2, 0.25) is 0 Å². The van der Waals surface area contributed by atoms with Crippen LogP contribution in [0.1, 0.15) is 30.5 Å². The van der Waals surface area contributed by atoms with Crippen LogP contribution in [0.2, 0.25) is 0 Å². The zero-order valence-electron chi connectivity index (χ0n) is 9.14. The van der Waals surface area contributed by atoms with E-state index < -0.39 is 6.10 Å². The molecule has 0 saturated carbocycles. The predicted molar refractivity (Wildman–Crippen MR) is 60.1 cm³/mol. The van der Waals surface area contributed by atoms with Gasteiger partial charge in [-0.05, 0) is 26.7 Å². The molecule has 1 fully saturated rings. The van der Waals surface area contributed by atoms with Gasteiger partial charge in [0.1, 0.15) is 0 Å². The van der Waals surface area contributed by atoms with E-state index in [1.807, 2.05) is 12.3 Å². The number of aliphatic hydroxyl groups is 1. The van der Waals surface area contributed by atoms with Crippen LogP contribution in [0.25, 0.3) is 0 Å². The van der Waals surface area contributed by atoms with Gasteiger partial charge in [-0.1, -0.05) is 0 Å². The van der Waals surface area contributed by atoms with E-state index in [9.17, 15) is 5.11 Å². The number of aliphatic hydroxyl groups excluding tert-OH is 1. The van der Waals surface area contributed by atoms with Crippen molar-refractivity contribution in [2.24, 2.45) is 0 Å². The van der Waals surface area contributed by atoms with Crippen LogP contribution in [-0.2, 0) is 11.2 Å². The molecule has 0 aromatic carbocycles. The molecule has 1 saturated heterocycles. The third-order valence-corrected chi connectivity index (χ3v) is 3.60. The van der Waals surface area contributed by atoms with Crippen LogP contribution >= 0.6 is 11.3 Å². The topological polar surface area (TPSA) is 42.4 Å². The van der Waals surface area contributed by atoms with E-state index in [-0.39, 0.29) is 6.10 Å². The van der Waals surface area contributed by atoms with Crippen LogP contribution in [0, 0.1) is 6.92 Å². The number of hydrogen-bond acceptors (Lipinski definition) is 4. The Labute approximate surface area is 94.1 Å². The molecule has 3 nitrogen and oxygen atoms in total. The predicted octanol–water partition coefficient (Wildman–Crippen LogP) is 1.92. The van der Waals surface area contributed by atoms with Crippen molar-refractivity contribution < 1.29 is 9.84 Å². The number of nitrogens with zero attached hydrogens (tertiary/aromatic N) is 1. The molecule has 1 aliphatic heterocycles. The van der Waals surface area contributed by atoms with Crippen molar-refractivity contribution in [3.8, 4) is 0 Å². The molecule has 2 heterocycles. The summed E-state index contributed by atoms with van der Waals surface area (Å²) in [4.78, 5) is 4.34. The molecule has 15 heavy (non-hydrogen) atoms. The van der Waals surface area contributed by atoms with Crippen molar-refractivity contribution in [3.63, 3.8) is 0 Å². The number of aryl methyl sites for hydroxylation is 1. The molecule has 0 aliphatic carbocycles. The van der Waals surface area contributed by atoms with E-state index in [1.165, 1.54) is 0 Å². The minimum absolute atomic E-state index is 0.00186. The minimum atomic E-state index is -0.406. The highest BCUT2D eigenvalue weighted by Gasteiger charge is 2.28. The first-order valence-corrected chi connectivity index (χ1v) is 6.27. The Bertz CT molecular complexity index is 326. The first-order valence-electron chi connectivity index (χ1n) is 5.39. The van der Waals surface area contributed by atoms with Crippen LogP contribution < -0.4 is 0 Å². The van der Waals surface area contributed by atoms with E-state index in [1.54, 1.807) is 11.3 Å². The lowest BCUT2D eigenvalue weighted by Gasteiger charge is -2.17. The lowest BCUT2D eigenvalue weighted by atomic mass is 10.1. The molecule has 0 bridgehead atoms. The average molecular weight is 227 g/mol. The van der Waals surface area contributed by atoms with Crippen LogP contribution in [0.4, 0.5) is 0 Å². The number of rotatable bonds is 3. The molecule has 84 valence electrons. The molecule has 1 aliphatic rings. The van der Waals surface area contributed by atoms with Gasteiger partial charge in [-0.15, -0.1) is 11.3 Å². The van der Waals surface area contributed by atoms with Gasteiger partial charge in [-0.3, -0.25) is 0 Å². The van der Waals surface area contributed by atoms with Crippen LogP contribution in [-0.4, -0.2) is 28.4 Å². The third-order valence-electron chi connectivity index (χ3n) is 2.78. The van der Waals surface area contributed by atoms with Crippen LogP contribution in [0.5, 0.6) is 0 Å². The summed E-state index contributed by atoms with van der Waals surface area (Å²) in [5.41, 5.74) is 0.980. The largest absolute Gasteiger partial charge is 0.390 e. The van der Waals surface area contributed by atoms with E-state index in [0.717, 1.165) is 23.5 Å². The first-order chi connectivity index (χ1) is 7.15. The Kier molecular flexibility index (Phi) is 3.38. The highest BCUT2D eigenvalue weighted by molar-refractivity contribution is 7.09. The molecular weight excluding hydrogens is 210 g/mol. The fourth-order valence-corrected chi connectivity index (χ4v) is 2.59. The molecule has 2 rings (SSSR count). The SMILES string of the molecule is Cc1nc(CC(O)C2CCC(C)O2)cs1. The molecule has 1 N–H and O–H groups in total. The van der Waals surface area contributed by atoms with Crippen molar-refractivity contribution in [3.05, 3.63) is 16.1 Å². The van der Waals surface area contributed by atoms with E-state index >= 15 is 0 Å². The van der Waals surface area contributed by atoms with Crippen molar-refractivity contribution in [1.29, 1.82) is 0 Å². The lowest BCUT2D eigenvalue weighted by molar-refractivity contribution is -0.0281. The minimum Gasteiger partial charge on any atom is -0.390 e. The average Bonchev–Trinajstić information content (AvgIpc) is 2.75. The summed E-state index contributed by atoms with van der Waals surface area (Å²) in [7, 11) is 0. The fraction of sp³-hybridized carbons (Fsp3) is 0.727. The van der Waals surface area contributed by atoms with Crippen molar-refractivity contribution in [2.75, 3.05) is 0 Å². The summed E-state index contributed by atoms with van der Waals surface area (Å²) in [5, 5.41) is 13.0. The normalized spacial score (nSPS) is 28.2. The quantitative estimate of drug-likeness (QED) is 0.858. The first kappa shape index (κ1) is 11.0. The molecule has 1 aromatic rings. The van der Waals surface area contributed by atoms with Gasteiger partial charge in [0.05, 0.1) is 29.0 Å². The number of thiazole rings is 1. The summed E-state index contributed by atoms with van der Waals surface area (Å²) < 4.78 is 5.63. The lowest BCUT2D eigenvalue weighted by Crippen LogP contribution is -2.28. The molecular formula is C11H17NO2S. The zero-order chi connectivity index (χ0) is 10.8. The van der Waals surface area contributed by atoms with Crippen LogP contribution in [0.3, 0.4) is 0 Å². The highest BCUT2D eigenvalue weighted by Crippen LogP contribution is 2.23. The summed E-state index contributed by atoms with van der Waals surface area (Å²) in [6, 6.07) is 0. The van der Waals surface area contributed by atoms with Gasteiger partial charge in [-0.2, -0.15) is 0 Å². The molecule has 0 radical (unpaired) electrons. The van der Waals surface area contributed by atoms with Gasteiger partial charge in [-0.25, -0.2) is 4.98 Å². The molecule has 1 aromatic heterocycles. The van der Waals surface area contributed by atoms with Gasteiger partial charge < -0.3 is 9.84 Å². The second-order valence-electron chi connectivity index (χ2n) is 4.19. The monoisotopic (exact) mass is 227 g/mol. The van der Waals surface area contributed by atoms with E-state index in [4.69, 9.17) is 4.74 Å². The Morgan fingerprint density at radius 1 is 1.67 bits per heavy atom. The maximum absolute atomic E-state index is 9.97. The molecule has 0 spiro atoms. The Balaban J connectivity index is 1.89. The van der Waals surface area contributed by atoms with Gasteiger partial charge in [0.25, 0.3) is 0 Å². The highest BCUT2D eigenvalue weighted by atomic mass is 32.1. The summed E-state index contributed by atoms with van der Waals surface area (Å²) in [5.74, 6) is 0. The Morgan fingerprint density at radius 3 is 3.00 bits per heavy atom. The fourth-order valence-electron chi connectivity index (χ4n) is 1.96. The summed E-state index contributed by atoms with van der Waals surface area (Å²) in [6.45, 7) is 4.04. The van der Waals surface area contributed by atoms with E-state index in [2.05, 4.69) is 11.9 Å². The number of ether oxygens (including phenoxy) is 1. The smallest absolute Gasteiger partial charge is 0.0897 e. The zero-order valence-corrected chi connectivity index (χ0v) is 9.96. The second-order valence-corrected chi connectivity index (χ2v) is 5.25. The molecule has 0 amide bonds. The second kappa shape index (κ2) is 4.60. The van der Waals surface area contributed by atoms with Gasteiger partial charge in [0, 0.05) is 11.8 Å². The van der Waals surface area contributed by atoms with E-state index in [0.29, 0.717) is 12.5 Å². The Hall–Kier alpha value is -0.450. The van der Waals surface area contributed by atoms with Crippen molar-refractivity contribution in [1.82, 2.24) is 4.98 Å². The van der Waals surface area contributed by atoms with Crippen molar-refractivity contribution in [2.45, 2.75) is 51.4 Å². The summed E-state index contributed by atoms with van der Waals surface area (Å²) in [6.07, 6.45) is 2.52. The standard InChI is InChI=1S/C11H17NO2S/c1-7-3-4-11(14-7)10(13)5-9-6-15-8(2)12-9/h6-7,10-11,13H,3-5H2,1-2H3. The van der Waals surface area contributed by atoms with Gasteiger partial charge >= 0.3 is 0 Å². The maximum Gasteiger partial charge on any atom is 0.0897 e. The number of hydrogen-bond donors (Lipinski definition) is 1. The Morgan fingerprint density at radius 2 is 2.47 bits per heavy atom. The van der Waals surface area contributed by atoms with Crippen LogP contribution in [0.15, 0.2) is 5.38 Å². The molecule has 4 heteroatoms. The van der Waals surface area contributed by atoms with Crippen molar-refractivity contribution >= 4 is 11.3 Å².